The molecule has 0 saturated heterocycles. The zero-order valence-corrected chi connectivity index (χ0v) is 26.1. The van der Waals surface area contributed by atoms with Crippen molar-refractivity contribution < 1.29 is 9.59 Å². The highest BCUT2D eigenvalue weighted by Crippen LogP contribution is 2.32. The zero-order valence-electron chi connectivity index (χ0n) is 26.1. The van der Waals surface area contributed by atoms with Gasteiger partial charge in [-0.2, -0.15) is 0 Å². The van der Waals surface area contributed by atoms with Crippen molar-refractivity contribution >= 4 is 42.1 Å². The average Bonchev–Trinajstić information content (AvgIpc) is 3.19. The molecular formula is C34H47N7O2. The summed E-state index contributed by atoms with van der Waals surface area (Å²) in [5, 5.41) is 6.12. The van der Waals surface area contributed by atoms with Gasteiger partial charge in [0.2, 0.25) is 6.41 Å². The maximum absolute atomic E-state index is 10.6. The Morgan fingerprint density at radius 3 is 2.53 bits per heavy atom. The summed E-state index contributed by atoms with van der Waals surface area (Å²) in [5.74, 6) is 2.26. The van der Waals surface area contributed by atoms with Crippen molar-refractivity contribution in [1.82, 2.24) is 15.6 Å². The van der Waals surface area contributed by atoms with Gasteiger partial charge in [0.05, 0.1) is 12.2 Å². The number of Topliss-reactive ketones (excluding diaryl/α,β-unsaturated/α-hetero) is 1. The molecule has 1 amide bonds. The summed E-state index contributed by atoms with van der Waals surface area (Å²) >= 11 is 0. The fourth-order valence-corrected chi connectivity index (χ4v) is 4.05. The quantitative estimate of drug-likeness (QED) is 0.221. The van der Waals surface area contributed by atoms with Gasteiger partial charge in [-0.3, -0.25) is 19.5 Å². The maximum atomic E-state index is 10.6. The van der Waals surface area contributed by atoms with Crippen molar-refractivity contribution in [2.24, 2.45) is 21.6 Å². The monoisotopic (exact) mass is 585 g/mol. The molecule has 1 atom stereocenters. The summed E-state index contributed by atoms with van der Waals surface area (Å²) in [5.41, 5.74) is 9.00. The van der Waals surface area contributed by atoms with Crippen LogP contribution in [0.15, 0.2) is 89.7 Å². The van der Waals surface area contributed by atoms with Gasteiger partial charge in [0, 0.05) is 42.4 Å². The molecule has 0 bridgehead atoms. The molecule has 1 aromatic heterocycles. The van der Waals surface area contributed by atoms with Crippen LogP contribution < -0.4 is 21.3 Å². The van der Waals surface area contributed by atoms with E-state index in [9.17, 15) is 4.79 Å². The second-order valence-corrected chi connectivity index (χ2v) is 9.48. The number of hydrogen-bond acceptors (Lipinski definition) is 8. The van der Waals surface area contributed by atoms with Gasteiger partial charge < -0.3 is 16.4 Å². The number of carbonyl (C=O) groups is 2. The first kappa shape index (κ1) is 36.6. The lowest BCUT2D eigenvalue weighted by Crippen LogP contribution is -2.27. The van der Waals surface area contributed by atoms with Crippen molar-refractivity contribution in [2.75, 3.05) is 38.3 Å². The van der Waals surface area contributed by atoms with E-state index in [-0.39, 0.29) is 12.3 Å². The Labute approximate surface area is 257 Å². The largest absolute Gasteiger partial charge is 0.372 e. The van der Waals surface area contributed by atoms with Crippen molar-refractivity contribution in [3.8, 4) is 0 Å². The SMILES string of the molecule is C=C/C=C(\C=C)c1cc2c(nc1/C=C/C=C(\C=C)CNCC)N1CN=CC(C)C=C1N=C2.CCCC(=O)CNC.NC=O. The number of hydrogen-bond donors (Lipinski definition) is 3. The molecule has 1 unspecified atom stereocenters. The minimum absolute atomic E-state index is 0.231. The predicted octanol–water partition coefficient (Wildman–Crippen LogP) is 5.01. The molecule has 0 radical (unpaired) electrons. The predicted molar refractivity (Wildman–Crippen MR) is 183 cm³/mol. The molecule has 2 aliphatic rings. The number of carbonyl (C=O) groups excluding carboxylic acids is 2. The molecular weight excluding hydrogens is 538 g/mol. The summed E-state index contributed by atoms with van der Waals surface area (Å²) in [6, 6.07) is 2.11. The van der Waals surface area contributed by atoms with Crippen molar-refractivity contribution in [3.05, 3.63) is 96.6 Å². The lowest BCUT2D eigenvalue weighted by Gasteiger charge is -2.27. The highest BCUT2D eigenvalue weighted by molar-refractivity contribution is 5.94. The first-order valence-corrected chi connectivity index (χ1v) is 14.4. The standard InChI is InChI=1S/C27H31N5.C6H13NO.CH3NO/c1-6-11-22(8-3)24-15-23-18-30-26-14-20(5)16-29-19-32(26)27(23)31-25(24)13-10-12-21(7-2)17-28-9-4;1-3-4-6(8)5-7-2;2-1-3/h6-8,10-16,18,20,28H,1-3,9,17,19H2,4-5H3;7H,3-5H2,1-2H3;1H,(H2,2,3)/b13-10+,21-12+,22-11+;;. The Morgan fingerprint density at radius 2 is 1.93 bits per heavy atom. The van der Waals surface area contributed by atoms with Crippen LogP contribution in [-0.4, -0.2) is 63.0 Å². The molecule has 1 aromatic rings. The van der Waals surface area contributed by atoms with Crippen LogP contribution in [0.4, 0.5) is 5.82 Å². The number of nitrogens with zero attached hydrogens (tertiary/aromatic N) is 4. The van der Waals surface area contributed by atoms with Crippen molar-refractivity contribution in [2.45, 2.75) is 33.6 Å². The van der Waals surface area contributed by atoms with Crippen LogP contribution in [0, 0.1) is 5.92 Å². The molecule has 0 saturated carbocycles. The van der Waals surface area contributed by atoms with E-state index in [0.717, 1.165) is 59.1 Å². The lowest BCUT2D eigenvalue weighted by atomic mass is 10.00. The summed E-state index contributed by atoms with van der Waals surface area (Å²) in [6.45, 7) is 20.6. The number of amides is 1. The van der Waals surface area contributed by atoms with E-state index < -0.39 is 0 Å². The molecule has 0 fully saturated rings. The fraction of sp³-hybridized carbons (Fsp3) is 0.324. The van der Waals surface area contributed by atoms with E-state index in [0.29, 0.717) is 25.4 Å². The van der Waals surface area contributed by atoms with E-state index in [1.165, 1.54) is 0 Å². The fourth-order valence-electron chi connectivity index (χ4n) is 4.05. The van der Waals surface area contributed by atoms with Gasteiger partial charge in [-0.05, 0) is 49.4 Å². The van der Waals surface area contributed by atoms with Crippen LogP contribution in [0.1, 0.15) is 50.4 Å². The third-order valence-corrected chi connectivity index (χ3v) is 6.04. The van der Waals surface area contributed by atoms with Crippen LogP contribution >= 0.6 is 0 Å². The van der Waals surface area contributed by atoms with E-state index in [2.05, 4.69) is 83.1 Å². The molecule has 0 aliphatic carbocycles. The highest BCUT2D eigenvalue weighted by atomic mass is 16.1. The molecule has 3 heterocycles. The highest BCUT2D eigenvalue weighted by Gasteiger charge is 2.24. The van der Waals surface area contributed by atoms with Gasteiger partial charge in [-0.15, -0.1) is 0 Å². The van der Waals surface area contributed by atoms with Crippen LogP contribution in [0.3, 0.4) is 0 Å². The number of allylic oxidation sites excluding steroid dienone is 7. The van der Waals surface area contributed by atoms with Crippen LogP contribution in [0.5, 0.6) is 0 Å². The molecule has 0 spiro atoms. The number of ketones is 1. The van der Waals surface area contributed by atoms with Crippen molar-refractivity contribution in [3.63, 3.8) is 0 Å². The number of rotatable bonds is 13. The number of nitrogens with two attached hydrogens (primary N) is 1. The lowest BCUT2D eigenvalue weighted by molar-refractivity contribution is -0.118. The molecule has 4 N–H and O–H groups in total. The van der Waals surface area contributed by atoms with Gasteiger partial charge >= 0.3 is 0 Å². The Kier molecular flexibility index (Phi) is 18.1. The first-order valence-electron chi connectivity index (χ1n) is 14.4. The Bertz CT molecular complexity index is 1280. The summed E-state index contributed by atoms with van der Waals surface area (Å²) in [4.78, 5) is 35.5. The van der Waals surface area contributed by atoms with E-state index in [4.69, 9.17) is 9.78 Å². The Morgan fingerprint density at radius 1 is 1.19 bits per heavy atom. The normalized spacial score (nSPS) is 15.5. The van der Waals surface area contributed by atoms with Crippen LogP contribution in [0.2, 0.25) is 0 Å². The number of anilines is 1. The average molecular weight is 586 g/mol. The number of likely N-dealkylation sites (N-methyl/N-ethyl adjacent to an activating group) is 2. The third kappa shape index (κ3) is 12.5. The summed E-state index contributed by atoms with van der Waals surface area (Å²) < 4.78 is 0. The number of aromatic nitrogens is 1. The van der Waals surface area contributed by atoms with Gasteiger partial charge in [0.25, 0.3) is 0 Å². The zero-order chi connectivity index (χ0) is 32.0. The Hall–Kier alpha value is -4.47. The van der Waals surface area contributed by atoms with Crippen LogP contribution in [0.25, 0.3) is 11.6 Å². The number of primary amides is 1. The minimum atomic E-state index is 0.231. The molecule has 2 aliphatic heterocycles. The smallest absolute Gasteiger partial charge is 0.204 e. The number of pyridine rings is 1. The second-order valence-electron chi connectivity index (χ2n) is 9.48. The molecule has 0 aromatic carbocycles. The minimum Gasteiger partial charge on any atom is -0.372 e. The first-order chi connectivity index (χ1) is 20.8. The molecule has 9 nitrogen and oxygen atoms in total. The molecule has 9 heteroatoms. The molecule has 230 valence electrons. The van der Waals surface area contributed by atoms with Gasteiger partial charge in [0.1, 0.15) is 24.1 Å². The van der Waals surface area contributed by atoms with E-state index in [1.807, 2.05) is 49.7 Å². The number of nitrogens with one attached hydrogen (secondary N) is 2. The molecule has 43 heavy (non-hydrogen) atoms. The number of aliphatic imine (C=N–C) groups is 2. The summed E-state index contributed by atoms with van der Waals surface area (Å²) in [7, 11) is 1.79. The second kappa shape index (κ2) is 21.3. The van der Waals surface area contributed by atoms with E-state index >= 15 is 0 Å². The molecule has 3 rings (SSSR count). The van der Waals surface area contributed by atoms with E-state index in [1.54, 1.807) is 13.1 Å². The summed E-state index contributed by atoms with van der Waals surface area (Å²) in [6.07, 6.45) is 21.3. The number of fused-ring (bicyclic) bond motifs is 3. The van der Waals surface area contributed by atoms with Gasteiger partial charge in [0.15, 0.2) is 0 Å². The third-order valence-electron chi connectivity index (χ3n) is 6.04. The Balaban J connectivity index is 0.000000718. The van der Waals surface area contributed by atoms with Crippen LogP contribution in [-0.2, 0) is 9.59 Å². The topological polar surface area (TPSA) is 125 Å². The van der Waals surface area contributed by atoms with Crippen molar-refractivity contribution in [1.29, 1.82) is 0 Å². The van der Waals surface area contributed by atoms with Gasteiger partial charge in [-0.1, -0.05) is 77.0 Å². The maximum Gasteiger partial charge on any atom is 0.204 e. The van der Waals surface area contributed by atoms with Gasteiger partial charge in [-0.25, -0.2) is 9.98 Å².